The summed E-state index contributed by atoms with van der Waals surface area (Å²) in [5.41, 5.74) is 0. The van der Waals surface area contributed by atoms with Crippen LogP contribution in [0, 0.1) is 17.8 Å². The largest absolute Gasteiger partial charge is 0.306 e. The topological polar surface area (TPSA) is 12.0 Å². The molecule has 0 spiro atoms. The molecule has 0 aromatic carbocycles. The molecule has 1 nitrogen and oxygen atoms in total. The molecule has 74 valence electrons. The molecule has 0 aromatic rings. The molecule has 1 fully saturated rings. The SMILES string of the molecule is CC#CCNCCCC1CCCC1. The highest BCUT2D eigenvalue weighted by Gasteiger charge is 2.13. The number of hydrogen-bond acceptors (Lipinski definition) is 1. The summed E-state index contributed by atoms with van der Waals surface area (Å²) >= 11 is 0. The Morgan fingerprint density at radius 1 is 1.31 bits per heavy atom. The third-order valence-electron chi connectivity index (χ3n) is 2.83. The average molecular weight is 179 g/mol. The minimum Gasteiger partial charge on any atom is -0.306 e. The van der Waals surface area contributed by atoms with Gasteiger partial charge in [-0.05, 0) is 32.2 Å². The van der Waals surface area contributed by atoms with Gasteiger partial charge in [0.1, 0.15) is 0 Å². The van der Waals surface area contributed by atoms with Gasteiger partial charge in [-0.2, -0.15) is 0 Å². The van der Waals surface area contributed by atoms with Gasteiger partial charge in [0.05, 0.1) is 6.54 Å². The van der Waals surface area contributed by atoms with E-state index in [2.05, 4.69) is 17.2 Å². The average Bonchev–Trinajstić information content (AvgIpc) is 2.63. The van der Waals surface area contributed by atoms with E-state index < -0.39 is 0 Å². The predicted molar refractivity (Wildman–Crippen MR) is 57.5 cm³/mol. The lowest BCUT2D eigenvalue weighted by molar-refractivity contribution is 0.475. The highest BCUT2D eigenvalue weighted by Crippen LogP contribution is 2.28. The van der Waals surface area contributed by atoms with Crippen LogP contribution in [0.4, 0.5) is 0 Å². The molecule has 0 aromatic heterocycles. The molecule has 0 amide bonds. The lowest BCUT2D eigenvalue weighted by Crippen LogP contribution is -2.15. The quantitative estimate of drug-likeness (QED) is 0.505. The monoisotopic (exact) mass is 179 g/mol. The maximum Gasteiger partial charge on any atom is 0.0576 e. The second kappa shape index (κ2) is 6.97. The molecule has 0 radical (unpaired) electrons. The third kappa shape index (κ3) is 4.95. The Hall–Kier alpha value is -0.480. The van der Waals surface area contributed by atoms with Gasteiger partial charge in [-0.1, -0.05) is 31.6 Å². The molecule has 0 aliphatic heterocycles. The summed E-state index contributed by atoms with van der Waals surface area (Å²) in [5, 5.41) is 3.34. The third-order valence-corrected chi connectivity index (χ3v) is 2.83. The smallest absolute Gasteiger partial charge is 0.0576 e. The second-order valence-corrected chi connectivity index (χ2v) is 3.90. The van der Waals surface area contributed by atoms with Crippen LogP contribution in [-0.4, -0.2) is 13.1 Å². The molecule has 1 aliphatic rings. The van der Waals surface area contributed by atoms with Gasteiger partial charge in [0.25, 0.3) is 0 Å². The first-order valence-electron chi connectivity index (χ1n) is 5.54. The zero-order valence-corrected chi connectivity index (χ0v) is 8.73. The molecule has 1 heteroatoms. The van der Waals surface area contributed by atoms with E-state index in [4.69, 9.17) is 0 Å². The summed E-state index contributed by atoms with van der Waals surface area (Å²) in [4.78, 5) is 0. The zero-order valence-electron chi connectivity index (χ0n) is 8.73. The summed E-state index contributed by atoms with van der Waals surface area (Å²) in [5.74, 6) is 6.94. The fourth-order valence-electron chi connectivity index (χ4n) is 2.05. The van der Waals surface area contributed by atoms with Crippen molar-refractivity contribution < 1.29 is 0 Å². The van der Waals surface area contributed by atoms with Crippen molar-refractivity contribution in [3.8, 4) is 11.8 Å². The van der Waals surface area contributed by atoms with Gasteiger partial charge in [-0.25, -0.2) is 0 Å². The molecule has 1 rings (SSSR count). The predicted octanol–water partition coefficient (Wildman–Crippen LogP) is 2.57. The van der Waals surface area contributed by atoms with E-state index >= 15 is 0 Å². The molecule has 13 heavy (non-hydrogen) atoms. The van der Waals surface area contributed by atoms with Crippen LogP contribution in [0.2, 0.25) is 0 Å². The van der Waals surface area contributed by atoms with E-state index in [-0.39, 0.29) is 0 Å². The molecular weight excluding hydrogens is 158 g/mol. The fourth-order valence-corrected chi connectivity index (χ4v) is 2.05. The maximum absolute atomic E-state index is 3.34. The van der Waals surface area contributed by atoms with Crippen molar-refractivity contribution in [3.63, 3.8) is 0 Å². The second-order valence-electron chi connectivity index (χ2n) is 3.90. The summed E-state index contributed by atoms with van der Waals surface area (Å²) in [6, 6.07) is 0. The molecule has 0 heterocycles. The van der Waals surface area contributed by atoms with E-state index in [9.17, 15) is 0 Å². The molecule has 0 bridgehead atoms. The van der Waals surface area contributed by atoms with Crippen LogP contribution in [0.5, 0.6) is 0 Å². The Morgan fingerprint density at radius 3 is 2.77 bits per heavy atom. The van der Waals surface area contributed by atoms with Crippen LogP contribution in [-0.2, 0) is 0 Å². The van der Waals surface area contributed by atoms with Gasteiger partial charge in [0, 0.05) is 0 Å². The molecule has 0 atom stereocenters. The van der Waals surface area contributed by atoms with Crippen molar-refractivity contribution in [1.29, 1.82) is 0 Å². The van der Waals surface area contributed by atoms with E-state index in [1.54, 1.807) is 0 Å². The number of nitrogens with one attached hydrogen (secondary N) is 1. The van der Waals surface area contributed by atoms with E-state index in [0.29, 0.717) is 0 Å². The minimum atomic E-state index is 0.862. The van der Waals surface area contributed by atoms with Crippen LogP contribution < -0.4 is 5.32 Å². The van der Waals surface area contributed by atoms with Crippen LogP contribution in [0.25, 0.3) is 0 Å². The molecule has 0 unspecified atom stereocenters. The minimum absolute atomic E-state index is 0.862. The van der Waals surface area contributed by atoms with Gasteiger partial charge in [-0.15, -0.1) is 5.92 Å². The number of hydrogen-bond donors (Lipinski definition) is 1. The summed E-state index contributed by atoms with van der Waals surface area (Å²) in [6.45, 7) is 3.90. The summed E-state index contributed by atoms with van der Waals surface area (Å²) in [6.07, 6.45) is 8.66. The lowest BCUT2D eigenvalue weighted by Gasteiger charge is -2.07. The van der Waals surface area contributed by atoms with E-state index in [1.807, 2.05) is 6.92 Å². The standard InChI is InChI=1S/C12H21N/c1-2-3-10-13-11-6-9-12-7-4-5-8-12/h12-13H,4-11H2,1H3. The van der Waals surface area contributed by atoms with Gasteiger partial charge >= 0.3 is 0 Å². The van der Waals surface area contributed by atoms with Crippen LogP contribution >= 0.6 is 0 Å². The summed E-state index contributed by atoms with van der Waals surface area (Å²) < 4.78 is 0. The van der Waals surface area contributed by atoms with Crippen molar-refractivity contribution in [2.75, 3.05) is 13.1 Å². The first kappa shape index (κ1) is 10.6. The van der Waals surface area contributed by atoms with Crippen LogP contribution in [0.15, 0.2) is 0 Å². The van der Waals surface area contributed by atoms with Crippen molar-refractivity contribution in [2.24, 2.45) is 5.92 Å². The molecule has 1 aliphatic carbocycles. The first-order chi connectivity index (χ1) is 6.43. The Morgan fingerprint density at radius 2 is 2.08 bits per heavy atom. The zero-order chi connectivity index (χ0) is 9.36. The Labute approximate surface area is 82.3 Å². The van der Waals surface area contributed by atoms with Crippen molar-refractivity contribution in [2.45, 2.75) is 45.4 Å². The Bertz CT molecular complexity index is 169. The van der Waals surface area contributed by atoms with E-state index in [1.165, 1.54) is 38.5 Å². The van der Waals surface area contributed by atoms with Crippen molar-refractivity contribution in [1.82, 2.24) is 5.32 Å². The first-order valence-corrected chi connectivity index (χ1v) is 5.54. The van der Waals surface area contributed by atoms with Crippen LogP contribution in [0.3, 0.4) is 0 Å². The Kier molecular flexibility index (Phi) is 5.69. The van der Waals surface area contributed by atoms with Gasteiger partial charge in [0.2, 0.25) is 0 Å². The highest BCUT2D eigenvalue weighted by molar-refractivity contribution is 4.96. The summed E-state index contributed by atoms with van der Waals surface area (Å²) in [7, 11) is 0. The van der Waals surface area contributed by atoms with Gasteiger partial charge in [-0.3, -0.25) is 0 Å². The lowest BCUT2D eigenvalue weighted by atomic mass is 10.0. The molecule has 0 saturated heterocycles. The van der Waals surface area contributed by atoms with Crippen LogP contribution in [0.1, 0.15) is 45.4 Å². The van der Waals surface area contributed by atoms with Crippen molar-refractivity contribution in [3.05, 3.63) is 0 Å². The fraction of sp³-hybridized carbons (Fsp3) is 0.833. The van der Waals surface area contributed by atoms with Crippen molar-refractivity contribution >= 4 is 0 Å². The number of rotatable bonds is 5. The molecule has 1 N–H and O–H groups in total. The highest BCUT2D eigenvalue weighted by atomic mass is 14.8. The van der Waals surface area contributed by atoms with E-state index in [0.717, 1.165) is 19.0 Å². The maximum atomic E-state index is 3.34. The normalized spacial score (nSPS) is 17.0. The molecular formula is C12H21N. The van der Waals surface area contributed by atoms with Gasteiger partial charge in [0.15, 0.2) is 0 Å². The molecule has 1 saturated carbocycles. The Balaban J connectivity index is 1.85. The van der Waals surface area contributed by atoms with Gasteiger partial charge < -0.3 is 5.32 Å².